The van der Waals surface area contributed by atoms with Crippen LogP contribution in [0.2, 0.25) is 0 Å². The summed E-state index contributed by atoms with van der Waals surface area (Å²) in [7, 11) is -3.97. The van der Waals surface area contributed by atoms with Crippen LogP contribution in [0.25, 0.3) is 0 Å². The van der Waals surface area contributed by atoms with Crippen molar-refractivity contribution in [2.75, 3.05) is 0 Å². The predicted octanol–water partition coefficient (Wildman–Crippen LogP) is 0.956. The molecule has 0 amide bonds. The molecule has 0 N–H and O–H groups in total. The van der Waals surface area contributed by atoms with Gasteiger partial charge in [0.2, 0.25) is 14.8 Å². The summed E-state index contributed by atoms with van der Waals surface area (Å²) in [6.45, 7) is 1.96. The van der Waals surface area contributed by atoms with Crippen LogP contribution < -0.4 is 0 Å². The summed E-state index contributed by atoms with van der Waals surface area (Å²) in [6, 6.07) is 0. The van der Waals surface area contributed by atoms with Crippen LogP contribution in [0.15, 0.2) is 23.6 Å². The molecule has 0 radical (unpaired) electrons. The van der Waals surface area contributed by atoms with Crippen molar-refractivity contribution in [2.45, 2.75) is 23.7 Å². The highest BCUT2D eigenvalue weighted by molar-refractivity contribution is 7.92. The Morgan fingerprint density at radius 2 is 1.77 bits per heavy atom. The SMILES string of the molecule is CC(C)(F)S(=O)(=O)c1cncnc1. The summed E-state index contributed by atoms with van der Waals surface area (Å²) >= 11 is 0. The van der Waals surface area contributed by atoms with Crippen LogP contribution in [-0.2, 0) is 9.84 Å². The molecule has 0 saturated carbocycles. The maximum absolute atomic E-state index is 13.2. The van der Waals surface area contributed by atoms with Crippen LogP contribution in [-0.4, -0.2) is 23.4 Å². The molecule has 0 unspecified atom stereocenters. The van der Waals surface area contributed by atoms with Crippen molar-refractivity contribution in [1.82, 2.24) is 9.97 Å². The molecular formula is C7H9FN2O2S. The van der Waals surface area contributed by atoms with Gasteiger partial charge in [0.25, 0.3) is 0 Å². The Labute approximate surface area is 75.8 Å². The molecule has 0 aromatic carbocycles. The summed E-state index contributed by atoms with van der Waals surface area (Å²) in [5, 5.41) is -2.31. The van der Waals surface area contributed by atoms with E-state index >= 15 is 0 Å². The number of sulfone groups is 1. The highest BCUT2D eigenvalue weighted by Crippen LogP contribution is 2.24. The van der Waals surface area contributed by atoms with Gasteiger partial charge in [-0.05, 0) is 13.8 Å². The molecule has 4 nitrogen and oxygen atoms in total. The van der Waals surface area contributed by atoms with Crippen LogP contribution in [0.4, 0.5) is 4.39 Å². The van der Waals surface area contributed by atoms with Gasteiger partial charge in [0.1, 0.15) is 11.2 Å². The minimum absolute atomic E-state index is 0.206. The van der Waals surface area contributed by atoms with Crippen LogP contribution in [0.1, 0.15) is 13.8 Å². The Balaban J connectivity index is 3.26. The second kappa shape index (κ2) is 3.02. The molecule has 0 fully saturated rings. The highest BCUT2D eigenvalue weighted by atomic mass is 32.2. The van der Waals surface area contributed by atoms with Gasteiger partial charge in [0, 0.05) is 12.4 Å². The van der Waals surface area contributed by atoms with E-state index in [1.54, 1.807) is 0 Å². The molecule has 1 aromatic heterocycles. The fourth-order valence-corrected chi connectivity index (χ4v) is 1.66. The predicted molar refractivity (Wildman–Crippen MR) is 44.4 cm³/mol. The molecule has 0 aliphatic rings. The first-order valence-corrected chi connectivity index (χ1v) is 5.02. The second-order valence-electron chi connectivity index (χ2n) is 2.94. The Morgan fingerprint density at radius 3 is 2.15 bits per heavy atom. The number of rotatable bonds is 2. The minimum atomic E-state index is -3.97. The number of hydrogen-bond donors (Lipinski definition) is 0. The van der Waals surface area contributed by atoms with Gasteiger partial charge >= 0.3 is 0 Å². The fourth-order valence-electron chi connectivity index (χ4n) is 0.704. The zero-order valence-corrected chi connectivity index (χ0v) is 8.05. The van der Waals surface area contributed by atoms with Crippen molar-refractivity contribution in [3.05, 3.63) is 18.7 Å². The van der Waals surface area contributed by atoms with Crippen LogP contribution in [0.3, 0.4) is 0 Å². The van der Waals surface area contributed by atoms with Gasteiger partial charge in [-0.15, -0.1) is 0 Å². The lowest BCUT2D eigenvalue weighted by molar-refractivity contribution is 0.319. The molecule has 0 saturated heterocycles. The standard InChI is InChI=1S/C7H9FN2O2S/c1-7(2,8)13(11,12)6-3-9-5-10-4-6/h3-5H,1-2H3. The molecule has 1 aromatic rings. The average Bonchev–Trinajstić information content (AvgIpc) is 2.04. The smallest absolute Gasteiger partial charge is 0.215 e. The molecular weight excluding hydrogens is 195 g/mol. The topological polar surface area (TPSA) is 59.9 Å². The fraction of sp³-hybridized carbons (Fsp3) is 0.429. The summed E-state index contributed by atoms with van der Waals surface area (Å²) in [5.74, 6) is 0. The van der Waals surface area contributed by atoms with Crippen LogP contribution in [0, 0.1) is 0 Å². The number of hydrogen-bond acceptors (Lipinski definition) is 4. The van der Waals surface area contributed by atoms with Crippen molar-refractivity contribution in [3.63, 3.8) is 0 Å². The zero-order chi connectivity index (χ0) is 10.1. The lowest BCUT2D eigenvalue weighted by Crippen LogP contribution is -2.26. The van der Waals surface area contributed by atoms with Crippen molar-refractivity contribution in [1.29, 1.82) is 0 Å². The van der Waals surface area contributed by atoms with E-state index in [0.29, 0.717) is 0 Å². The van der Waals surface area contributed by atoms with Gasteiger partial charge in [-0.1, -0.05) is 0 Å². The van der Waals surface area contributed by atoms with E-state index in [2.05, 4.69) is 9.97 Å². The number of alkyl halides is 1. The van der Waals surface area contributed by atoms with Gasteiger partial charge < -0.3 is 0 Å². The van der Waals surface area contributed by atoms with E-state index in [1.807, 2.05) is 0 Å². The summed E-state index contributed by atoms with van der Waals surface area (Å²) in [4.78, 5) is 6.81. The third kappa shape index (κ3) is 1.82. The second-order valence-corrected chi connectivity index (χ2v) is 5.39. The first-order chi connectivity index (χ1) is 5.86. The van der Waals surface area contributed by atoms with Gasteiger partial charge in [-0.2, -0.15) is 0 Å². The van der Waals surface area contributed by atoms with E-state index in [1.165, 1.54) is 6.33 Å². The first-order valence-electron chi connectivity index (χ1n) is 3.54. The zero-order valence-electron chi connectivity index (χ0n) is 7.23. The molecule has 13 heavy (non-hydrogen) atoms. The van der Waals surface area contributed by atoms with Gasteiger partial charge in [0.05, 0.1) is 0 Å². The van der Waals surface area contributed by atoms with E-state index in [0.717, 1.165) is 26.2 Å². The molecule has 1 rings (SSSR count). The summed E-state index contributed by atoms with van der Waals surface area (Å²) < 4.78 is 36.0. The summed E-state index contributed by atoms with van der Waals surface area (Å²) in [5.41, 5.74) is 0. The Morgan fingerprint density at radius 1 is 1.31 bits per heavy atom. The molecule has 72 valence electrons. The van der Waals surface area contributed by atoms with Gasteiger partial charge in [0.15, 0.2) is 0 Å². The molecule has 0 aliphatic heterocycles. The monoisotopic (exact) mass is 204 g/mol. The molecule has 0 spiro atoms. The third-order valence-corrected chi connectivity index (χ3v) is 3.60. The highest BCUT2D eigenvalue weighted by Gasteiger charge is 2.35. The van der Waals surface area contributed by atoms with Crippen molar-refractivity contribution in [3.8, 4) is 0 Å². The minimum Gasteiger partial charge on any atom is -0.243 e. The quantitative estimate of drug-likeness (QED) is 0.719. The maximum Gasteiger partial charge on any atom is 0.215 e. The first kappa shape index (κ1) is 10.0. The van der Waals surface area contributed by atoms with Crippen LogP contribution in [0.5, 0.6) is 0 Å². The molecule has 1 heterocycles. The van der Waals surface area contributed by atoms with Gasteiger partial charge in [-0.25, -0.2) is 22.8 Å². The normalized spacial score (nSPS) is 12.8. The largest absolute Gasteiger partial charge is 0.243 e. The maximum atomic E-state index is 13.2. The molecule has 6 heteroatoms. The van der Waals surface area contributed by atoms with E-state index in [-0.39, 0.29) is 4.90 Å². The summed E-state index contributed by atoms with van der Waals surface area (Å²) in [6.07, 6.45) is 3.33. The number of halogens is 1. The Kier molecular flexibility index (Phi) is 2.34. The molecule has 0 bridgehead atoms. The molecule has 0 atom stereocenters. The Hall–Kier alpha value is -1.04. The van der Waals surface area contributed by atoms with Crippen molar-refractivity contribution < 1.29 is 12.8 Å². The number of nitrogens with zero attached hydrogens (tertiary/aromatic N) is 2. The Bertz CT molecular complexity index is 383. The average molecular weight is 204 g/mol. The van der Waals surface area contributed by atoms with Crippen molar-refractivity contribution in [2.24, 2.45) is 0 Å². The van der Waals surface area contributed by atoms with Crippen molar-refractivity contribution >= 4 is 9.84 Å². The number of aromatic nitrogens is 2. The lowest BCUT2D eigenvalue weighted by Gasteiger charge is -2.13. The third-order valence-electron chi connectivity index (χ3n) is 1.49. The lowest BCUT2D eigenvalue weighted by atomic mass is 10.5. The van der Waals surface area contributed by atoms with E-state index in [9.17, 15) is 12.8 Å². The van der Waals surface area contributed by atoms with E-state index in [4.69, 9.17) is 0 Å². The van der Waals surface area contributed by atoms with Gasteiger partial charge in [-0.3, -0.25) is 0 Å². The molecule has 0 aliphatic carbocycles. The van der Waals surface area contributed by atoms with E-state index < -0.39 is 14.8 Å². The van der Waals surface area contributed by atoms with Crippen LogP contribution >= 0.6 is 0 Å².